The molecule has 0 saturated carbocycles. The molecule has 172 valence electrons. The van der Waals surface area contributed by atoms with Crippen molar-refractivity contribution in [3.05, 3.63) is 121 Å². The van der Waals surface area contributed by atoms with Gasteiger partial charge >= 0.3 is 0 Å². The molecule has 0 radical (unpaired) electrons. The summed E-state index contributed by atoms with van der Waals surface area (Å²) in [7, 11) is 0. The predicted octanol–water partition coefficient (Wildman–Crippen LogP) is 10.3. The van der Waals surface area contributed by atoms with Gasteiger partial charge in [0.25, 0.3) is 0 Å². The van der Waals surface area contributed by atoms with Gasteiger partial charge in [-0.3, -0.25) is 0 Å². The highest BCUT2D eigenvalue weighted by Crippen LogP contribution is 2.58. The molecule has 0 nitrogen and oxygen atoms in total. The molecule has 0 atom stereocenters. The largest absolute Gasteiger partial charge is 0.0622 e. The Labute approximate surface area is 212 Å². The van der Waals surface area contributed by atoms with Gasteiger partial charge in [0.05, 0.1) is 0 Å². The summed E-state index contributed by atoms with van der Waals surface area (Å²) in [5, 5.41) is 5.38. The first-order valence-electron chi connectivity index (χ1n) is 12.8. The summed E-state index contributed by atoms with van der Waals surface area (Å²) in [6.45, 7) is 6.95. The fourth-order valence-corrected chi connectivity index (χ4v) is 6.26. The molecule has 0 saturated heterocycles. The lowest BCUT2D eigenvalue weighted by atomic mass is 9.82. The van der Waals surface area contributed by atoms with Crippen LogP contribution in [0.1, 0.15) is 26.3 Å². The molecular formula is C36H28. The Morgan fingerprint density at radius 1 is 0.389 bits per heavy atom. The van der Waals surface area contributed by atoms with Crippen molar-refractivity contribution >= 4 is 21.5 Å². The molecule has 0 bridgehead atoms. The van der Waals surface area contributed by atoms with Crippen LogP contribution in [0.2, 0.25) is 0 Å². The number of hydrogen-bond acceptors (Lipinski definition) is 0. The summed E-state index contributed by atoms with van der Waals surface area (Å²) in [5.41, 5.74) is 12.1. The van der Waals surface area contributed by atoms with E-state index in [2.05, 4.69) is 136 Å². The summed E-state index contributed by atoms with van der Waals surface area (Å²) in [5.74, 6) is 0. The Balaban J connectivity index is 1.74. The molecule has 6 aromatic rings. The van der Waals surface area contributed by atoms with Crippen molar-refractivity contribution in [1.29, 1.82) is 0 Å². The first kappa shape index (κ1) is 21.1. The number of fused-ring (bicyclic) bond motifs is 4. The fourth-order valence-electron chi connectivity index (χ4n) is 6.26. The highest BCUT2D eigenvalue weighted by atomic mass is 14.3. The molecule has 7 rings (SSSR count). The maximum Gasteiger partial charge on any atom is -0.000741 e. The molecule has 0 N–H and O–H groups in total. The van der Waals surface area contributed by atoms with E-state index in [1.54, 1.807) is 0 Å². The quantitative estimate of drug-likeness (QED) is 0.241. The van der Waals surface area contributed by atoms with Crippen molar-refractivity contribution in [3.8, 4) is 44.5 Å². The minimum atomic E-state index is 0.0706. The third-order valence-corrected chi connectivity index (χ3v) is 7.73. The van der Waals surface area contributed by atoms with E-state index in [9.17, 15) is 0 Å². The van der Waals surface area contributed by atoms with Gasteiger partial charge in [-0.05, 0) is 77.0 Å². The van der Waals surface area contributed by atoms with Crippen LogP contribution >= 0.6 is 0 Å². The molecule has 0 amide bonds. The van der Waals surface area contributed by atoms with Crippen LogP contribution in [0.15, 0.2) is 115 Å². The highest BCUT2D eigenvalue weighted by Gasteiger charge is 2.31. The van der Waals surface area contributed by atoms with E-state index < -0.39 is 0 Å². The first-order valence-corrected chi connectivity index (χ1v) is 12.8. The minimum Gasteiger partial charge on any atom is -0.0622 e. The second-order valence-corrected chi connectivity index (χ2v) is 10.9. The van der Waals surface area contributed by atoms with Crippen molar-refractivity contribution < 1.29 is 0 Å². The third-order valence-electron chi connectivity index (χ3n) is 7.73. The third kappa shape index (κ3) is 2.94. The fraction of sp³-hybridized carbons (Fsp3) is 0.111. The van der Waals surface area contributed by atoms with E-state index >= 15 is 0 Å². The molecule has 6 aromatic carbocycles. The second kappa shape index (κ2) is 7.67. The van der Waals surface area contributed by atoms with E-state index in [0.717, 1.165) is 0 Å². The average molecular weight is 461 g/mol. The smallest absolute Gasteiger partial charge is 0.000741 e. The van der Waals surface area contributed by atoms with Crippen molar-refractivity contribution in [2.45, 2.75) is 26.2 Å². The first-order chi connectivity index (χ1) is 17.5. The van der Waals surface area contributed by atoms with Gasteiger partial charge in [-0.25, -0.2) is 0 Å². The van der Waals surface area contributed by atoms with Gasteiger partial charge in [-0.1, -0.05) is 136 Å². The van der Waals surface area contributed by atoms with Crippen molar-refractivity contribution in [3.63, 3.8) is 0 Å². The summed E-state index contributed by atoms with van der Waals surface area (Å²) >= 11 is 0. The van der Waals surface area contributed by atoms with Crippen LogP contribution in [-0.2, 0) is 5.41 Å². The normalized spacial score (nSPS) is 12.3. The van der Waals surface area contributed by atoms with Crippen molar-refractivity contribution in [2.75, 3.05) is 0 Å². The van der Waals surface area contributed by atoms with Gasteiger partial charge in [0.1, 0.15) is 0 Å². The number of hydrogen-bond donors (Lipinski definition) is 0. The van der Waals surface area contributed by atoms with Gasteiger partial charge in [0.15, 0.2) is 0 Å². The van der Waals surface area contributed by atoms with Crippen LogP contribution in [-0.4, -0.2) is 0 Å². The van der Waals surface area contributed by atoms with Crippen LogP contribution in [0.3, 0.4) is 0 Å². The lowest BCUT2D eigenvalue weighted by Gasteiger charge is -2.22. The predicted molar refractivity (Wildman–Crippen MR) is 155 cm³/mol. The molecule has 0 aromatic heterocycles. The van der Waals surface area contributed by atoms with Crippen LogP contribution in [0, 0.1) is 0 Å². The summed E-state index contributed by atoms with van der Waals surface area (Å²) in [4.78, 5) is 0. The molecule has 0 spiro atoms. The average Bonchev–Trinajstić information content (AvgIpc) is 3.23. The Morgan fingerprint density at radius 3 is 1.39 bits per heavy atom. The van der Waals surface area contributed by atoms with Gasteiger partial charge in [0, 0.05) is 0 Å². The van der Waals surface area contributed by atoms with Crippen molar-refractivity contribution in [1.82, 2.24) is 0 Å². The molecule has 1 aliphatic carbocycles. The zero-order valence-corrected chi connectivity index (χ0v) is 21.0. The topological polar surface area (TPSA) is 0 Å². The van der Waals surface area contributed by atoms with Gasteiger partial charge < -0.3 is 0 Å². The molecule has 36 heavy (non-hydrogen) atoms. The van der Waals surface area contributed by atoms with Gasteiger partial charge in [-0.15, -0.1) is 0 Å². The van der Waals surface area contributed by atoms with Crippen LogP contribution in [0.25, 0.3) is 66.1 Å². The maximum atomic E-state index is 2.38. The zero-order valence-electron chi connectivity index (χ0n) is 21.0. The number of rotatable bonds is 2. The van der Waals surface area contributed by atoms with E-state index in [4.69, 9.17) is 0 Å². The Kier molecular flexibility index (Phi) is 4.51. The Morgan fingerprint density at radius 2 is 0.861 bits per heavy atom. The lowest BCUT2D eigenvalue weighted by molar-refractivity contribution is 0.596. The molecule has 1 aliphatic rings. The SMILES string of the molecule is CC(C)(C)c1ccc2c3c(cccc13)-c1c-2c(-c2ccccc2)c2ccccc2c1-c1ccccc1. The highest BCUT2D eigenvalue weighted by molar-refractivity contribution is 6.27. The molecule has 0 aliphatic heterocycles. The Bertz CT molecular complexity index is 1690. The van der Waals surface area contributed by atoms with Crippen molar-refractivity contribution in [2.24, 2.45) is 0 Å². The summed E-state index contributed by atoms with van der Waals surface area (Å²) < 4.78 is 0. The summed E-state index contributed by atoms with van der Waals surface area (Å²) in [6.07, 6.45) is 0. The lowest BCUT2D eigenvalue weighted by Crippen LogP contribution is -2.11. The van der Waals surface area contributed by atoms with Gasteiger partial charge in [-0.2, -0.15) is 0 Å². The zero-order chi connectivity index (χ0) is 24.4. The molecular weight excluding hydrogens is 432 g/mol. The van der Waals surface area contributed by atoms with Gasteiger partial charge in [0.2, 0.25) is 0 Å². The monoisotopic (exact) mass is 460 g/mol. The standard InChI is InChI=1S/C36H28/c1-36(2,3)30-22-21-29-33-27(30)19-12-20-28(33)34-31(23-13-6-4-7-14-23)25-17-10-11-18-26(25)32(35(29)34)24-15-8-5-9-16-24/h4-22H,1-3H3. The molecule has 0 unspecified atom stereocenters. The molecule has 0 fully saturated rings. The maximum absolute atomic E-state index is 2.38. The number of benzene rings is 6. The van der Waals surface area contributed by atoms with E-state index in [0.29, 0.717) is 0 Å². The molecule has 0 heterocycles. The van der Waals surface area contributed by atoms with E-state index in [-0.39, 0.29) is 5.41 Å². The molecule has 0 heteroatoms. The van der Waals surface area contributed by atoms with E-state index in [1.165, 1.54) is 71.6 Å². The van der Waals surface area contributed by atoms with Crippen LogP contribution in [0.4, 0.5) is 0 Å². The Hall–Kier alpha value is -4.16. The van der Waals surface area contributed by atoms with Crippen LogP contribution in [0.5, 0.6) is 0 Å². The van der Waals surface area contributed by atoms with E-state index in [1.807, 2.05) is 0 Å². The summed E-state index contributed by atoms with van der Waals surface area (Å²) in [6, 6.07) is 42.5. The van der Waals surface area contributed by atoms with Crippen LogP contribution < -0.4 is 0 Å². The second-order valence-electron chi connectivity index (χ2n) is 10.9. The minimum absolute atomic E-state index is 0.0706.